The molecule has 0 saturated heterocycles. The summed E-state index contributed by atoms with van der Waals surface area (Å²) < 4.78 is 27.9. The molecule has 0 aliphatic carbocycles. The van der Waals surface area contributed by atoms with Gasteiger partial charge in [0.15, 0.2) is 0 Å². The van der Waals surface area contributed by atoms with Gasteiger partial charge >= 0.3 is 6.03 Å². The molecule has 4 N–H and O–H groups in total. The van der Waals surface area contributed by atoms with Crippen LogP contribution in [-0.4, -0.2) is 27.6 Å². The number of benzene rings is 2. The molecule has 8 heteroatoms. The highest BCUT2D eigenvalue weighted by atomic mass is 32.2. The lowest BCUT2D eigenvalue weighted by Crippen LogP contribution is -2.36. The smallest absolute Gasteiger partial charge is 0.315 e. The fourth-order valence-electron chi connectivity index (χ4n) is 2.14. The minimum atomic E-state index is -3.70. The molecule has 7 nitrogen and oxygen atoms in total. The summed E-state index contributed by atoms with van der Waals surface area (Å²) in [4.78, 5) is 11.8. The molecule has 0 aliphatic rings. The number of sulfonamides is 1. The van der Waals surface area contributed by atoms with Gasteiger partial charge < -0.3 is 15.4 Å². The van der Waals surface area contributed by atoms with E-state index in [0.29, 0.717) is 19.6 Å². The molecule has 2 rings (SSSR count). The van der Waals surface area contributed by atoms with E-state index in [-0.39, 0.29) is 17.5 Å². The summed E-state index contributed by atoms with van der Waals surface area (Å²) in [5, 5.41) is 10.5. The van der Waals surface area contributed by atoms with Crippen molar-refractivity contribution in [1.82, 2.24) is 10.6 Å². The first kappa shape index (κ1) is 19.7. The van der Waals surface area contributed by atoms with E-state index in [1.165, 1.54) is 17.7 Å². The zero-order valence-electron chi connectivity index (χ0n) is 14.6. The molecule has 0 bridgehead atoms. The number of nitrogens with two attached hydrogens (primary N) is 1. The van der Waals surface area contributed by atoms with Gasteiger partial charge in [-0.25, -0.2) is 18.4 Å². The number of hydrogen-bond donors (Lipinski definition) is 3. The number of amides is 2. The average Bonchev–Trinajstić information content (AvgIpc) is 2.61. The van der Waals surface area contributed by atoms with Gasteiger partial charge in [0.05, 0.1) is 11.5 Å². The normalized spacial score (nSPS) is 11.0. The Bertz CT molecular complexity index is 819. The SMILES string of the molecule is Cc1ccc(OCCCNC(=O)NCc2ccc(S(N)(=O)=O)cc2)cc1. The van der Waals surface area contributed by atoms with Crippen LogP contribution in [0.5, 0.6) is 5.75 Å². The van der Waals surface area contributed by atoms with Crippen LogP contribution in [-0.2, 0) is 16.6 Å². The first-order valence-electron chi connectivity index (χ1n) is 8.17. The predicted octanol–water partition coefficient (Wildman–Crippen LogP) is 1.91. The van der Waals surface area contributed by atoms with Gasteiger partial charge in [0.25, 0.3) is 0 Å². The van der Waals surface area contributed by atoms with Crippen LogP contribution < -0.4 is 20.5 Å². The summed E-state index contributed by atoms with van der Waals surface area (Å²) in [5.41, 5.74) is 1.95. The van der Waals surface area contributed by atoms with Crippen LogP contribution >= 0.6 is 0 Å². The van der Waals surface area contributed by atoms with E-state index >= 15 is 0 Å². The van der Waals surface area contributed by atoms with E-state index in [4.69, 9.17) is 9.88 Å². The molecule has 2 aromatic carbocycles. The molecule has 0 fully saturated rings. The Kier molecular flexibility index (Phi) is 6.99. The molecule has 0 spiro atoms. The number of carbonyl (C=O) groups is 1. The highest BCUT2D eigenvalue weighted by Gasteiger charge is 2.07. The van der Waals surface area contributed by atoms with Crippen molar-refractivity contribution >= 4 is 16.1 Å². The van der Waals surface area contributed by atoms with Crippen LogP contribution in [0, 0.1) is 6.92 Å². The Morgan fingerprint density at radius 1 is 1.04 bits per heavy atom. The van der Waals surface area contributed by atoms with Crippen molar-refractivity contribution in [2.24, 2.45) is 5.14 Å². The standard InChI is InChI=1S/C18H23N3O4S/c1-14-3-7-16(8-4-14)25-12-2-11-20-18(22)21-13-15-5-9-17(10-6-15)26(19,23)24/h3-10H,2,11-13H2,1H3,(H2,19,23,24)(H2,20,21,22). The summed E-state index contributed by atoms with van der Waals surface area (Å²) in [7, 11) is -3.70. The Morgan fingerprint density at radius 2 is 1.69 bits per heavy atom. The molecule has 0 radical (unpaired) electrons. The summed E-state index contributed by atoms with van der Waals surface area (Å²) in [6.45, 7) is 3.30. The maximum atomic E-state index is 11.7. The van der Waals surface area contributed by atoms with Gasteiger partial charge in [0.1, 0.15) is 5.75 Å². The van der Waals surface area contributed by atoms with Gasteiger partial charge in [0.2, 0.25) is 10.0 Å². The molecule has 2 amide bonds. The number of hydrogen-bond acceptors (Lipinski definition) is 4. The number of urea groups is 1. The van der Waals surface area contributed by atoms with Gasteiger partial charge in [-0.2, -0.15) is 0 Å². The van der Waals surface area contributed by atoms with Crippen LogP contribution in [0.3, 0.4) is 0 Å². The maximum Gasteiger partial charge on any atom is 0.315 e. The monoisotopic (exact) mass is 377 g/mol. The number of nitrogens with one attached hydrogen (secondary N) is 2. The van der Waals surface area contributed by atoms with Crippen molar-refractivity contribution in [3.63, 3.8) is 0 Å². The van der Waals surface area contributed by atoms with Crippen molar-refractivity contribution < 1.29 is 17.9 Å². The van der Waals surface area contributed by atoms with Gasteiger partial charge in [-0.15, -0.1) is 0 Å². The lowest BCUT2D eigenvalue weighted by atomic mass is 10.2. The average molecular weight is 377 g/mol. The number of primary sulfonamides is 1. The summed E-state index contributed by atoms with van der Waals surface area (Å²) in [6.07, 6.45) is 0.685. The minimum Gasteiger partial charge on any atom is -0.494 e. The Hall–Kier alpha value is -2.58. The Balaban J connectivity index is 1.62. The number of aryl methyl sites for hydroxylation is 1. The minimum absolute atomic E-state index is 0.0410. The highest BCUT2D eigenvalue weighted by Crippen LogP contribution is 2.11. The molecule has 0 aliphatic heterocycles. The van der Waals surface area contributed by atoms with Crippen molar-refractivity contribution in [3.8, 4) is 5.75 Å². The van der Waals surface area contributed by atoms with E-state index in [2.05, 4.69) is 10.6 Å². The van der Waals surface area contributed by atoms with Crippen LogP contribution in [0.2, 0.25) is 0 Å². The zero-order chi connectivity index (χ0) is 19.0. The Morgan fingerprint density at radius 3 is 2.31 bits per heavy atom. The second kappa shape index (κ2) is 9.21. The van der Waals surface area contributed by atoms with Crippen molar-refractivity contribution in [3.05, 3.63) is 59.7 Å². The zero-order valence-corrected chi connectivity index (χ0v) is 15.4. The van der Waals surface area contributed by atoms with Crippen molar-refractivity contribution in [2.75, 3.05) is 13.2 Å². The topological polar surface area (TPSA) is 111 Å². The maximum absolute atomic E-state index is 11.7. The molecule has 0 aromatic heterocycles. The van der Waals surface area contributed by atoms with Gasteiger partial charge in [-0.1, -0.05) is 29.8 Å². The largest absolute Gasteiger partial charge is 0.494 e. The molecule has 0 heterocycles. The third-order valence-electron chi connectivity index (χ3n) is 3.60. The van der Waals surface area contributed by atoms with Crippen molar-refractivity contribution in [2.45, 2.75) is 24.8 Å². The second-order valence-corrected chi connectivity index (χ2v) is 7.37. The second-order valence-electron chi connectivity index (χ2n) is 5.81. The van der Waals surface area contributed by atoms with E-state index < -0.39 is 10.0 Å². The molecule has 0 unspecified atom stereocenters. The van der Waals surface area contributed by atoms with Crippen LogP contribution in [0.1, 0.15) is 17.5 Å². The van der Waals surface area contributed by atoms with Gasteiger partial charge in [-0.05, 0) is 43.2 Å². The third-order valence-corrected chi connectivity index (χ3v) is 4.53. The first-order chi connectivity index (χ1) is 12.3. The number of carbonyl (C=O) groups excluding carboxylic acids is 1. The summed E-state index contributed by atoms with van der Waals surface area (Å²) in [5.74, 6) is 0.808. The van der Waals surface area contributed by atoms with E-state index in [1.807, 2.05) is 31.2 Å². The van der Waals surface area contributed by atoms with Crippen molar-refractivity contribution in [1.29, 1.82) is 0 Å². The fourth-order valence-corrected chi connectivity index (χ4v) is 2.66. The molecule has 2 aromatic rings. The van der Waals surface area contributed by atoms with E-state index in [9.17, 15) is 13.2 Å². The third kappa shape index (κ3) is 6.73. The molecule has 26 heavy (non-hydrogen) atoms. The van der Waals surface area contributed by atoms with E-state index in [0.717, 1.165) is 11.3 Å². The van der Waals surface area contributed by atoms with E-state index in [1.54, 1.807) is 12.1 Å². The van der Waals surface area contributed by atoms with Gasteiger partial charge in [-0.3, -0.25) is 0 Å². The Labute approximate surface area is 153 Å². The molecular formula is C18H23N3O4S. The highest BCUT2D eigenvalue weighted by molar-refractivity contribution is 7.89. The number of rotatable bonds is 8. The summed E-state index contributed by atoms with van der Waals surface area (Å²) >= 11 is 0. The van der Waals surface area contributed by atoms with Crippen LogP contribution in [0.4, 0.5) is 4.79 Å². The quantitative estimate of drug-likeness (QED) is 0.610. The first-order valence-corrected chi connectivity index (χ1v) is 9.72. The summed E-state index contributed by atoms with van der Waals surface area (Å²) in [6, 6.07) is 13.5. The molecule has 140 valence electrons. The molecular weight excluding hydrogens is 354 g/mol. The lowest BCUT2D eigenvalue weighted by Gasteiger charge is -2.09. The van der Waals surface area contributed by atoms with Crippen LogP contribution in [0.15, 0.2) is 53.4 Å². The fraction of sp³-hybridized carbons (Fsp3) is 0.278. The molecule has 0 atom stereocenters. The van der Waals surface area contributed by atoms with Gasteiger partial charge in [0, 0.05) is 13.1 Å². The number of ether oxygens (including phenoxy) is 1. The van der Waals surface area contributed by atoms with Crippen LogP contribution in [0.25, 0.3) is 0 Å². The predicted molar refractivity (Wildman–Crippen MR) is 99.3 cm³/mol. The molecule has 0 saturated carbocycles. The lowest BCUT2D eigenvalue weighted by molar-refractivity contribution is 0.238.